The van der Waals surface area contributed by atoms with Crippen molar-refractivity contribution >= 4 is 5.78 Å². The molecule has 0 bridgehead atoms. The van der Waals surface area contributed by atoms with Crippen LogP contribution in [0.2, 0.25) is 0 Å². The molecule has 2 heteroatoms. The van der Waals surface area contributed by atoms with Crippen LogP contribution in [0.1, 0.15) is 39.5 Å². The number of hydrogen-bond donors (Lipinski definition) is 0. The highest BCUT2D eigenvalue weighted by Gasteiger charge is 2.45. The lowest BCUT2D eigenvalue weighted by molar-refractivity contribution is -0.116. The molecule has 90 valence electrons. The summed E-state index contributed by atoms with van der Waals surface area (Å²) in [6.45, 7) is 8.17. The number of fused-ring (bicyclic) bond motifs is 1. The van der Waals surface area contributed by atoms with Crippen molar-refractivity contribution in [3.8, 4) is 6.07 Å². The van der Waals surface area contributed by atoms with Gasteiger partial charge in [-0.05, 0) is 38.2 Å². The van der Waals surface area contributed by atoms with Crippen LogP contribution in [-0.4, -0.2) is 5.78 Å². The number of carbonyl (C=O) groups is 1. The van der Waals surface area contributed by atoms with Gasteiger partial charge >= 0.3 is 0 Å². The summed E-state index contributed by atoms with van der Waals surface area (Å²) in [5.74, 6) is 0.610. The molecule has 0 aliphatic heterocycles. The quantitative estimate of drug-likeness (QED) is 0.646. The average molecular weight is 229 g/mol. The van der Waals surface area contributed by atoms with Crippen molar-refractivity contribution in [3.05, 3.63) is 23.8 Å². The summed E-state index contributed by atoms with van der Waals surface area (Å²) in [4.78, 5) is 11.5. The van der Waals surface area contributed by atoms with Crippen molar-refractivity contribution in [2.75, 3.05) is 0 Å². The fraction of sp³-hybridized carbons (Fsp3) is 0.600. The number of nitrogens with zero attached hydrogens (tertiary/aromatic N) is 1. The van der Waals surface area contributed by atoms with E-state index in [1.165, 1.54) is 5.57 Å². The Hall–Kier alpha value is -1.36. The van der Waals surface area contributed by atoms with Gasteiger partial charge in [0.05, 0.1) is 12.0 Å². The van der Waals surface area contributed by atoms with E-state index >= 15 is 0 Å². The fourth-order valence-electron chi connectivity index (χ4n) is 3.13. The summed E-state index contributed by atoms with van der Waals surface area (Å²) in [5.41, 5.74) is 2.24. The molecule has 0 radical (unpaired) electrons. The standard InChI is InChI=1S/C15H19NO/c1-10(2)11-6-12-8-14(17)4-5-15(12,3)13(7-11)9-16/h8,11,13H,1,4-7H2,2-3H3/t11-,13-,15+/m0/s1. The highest BCUT2D eigenvalue weighted by molar-refractivity contribution is 5.91. The highest BCUT2D eigenvalue weighted by Crippen LogP contribution is 2.52. The average Bonchev–Trinajstić information content (AvgIpc) is 2.28. The second-order valence-electron chi connectivity index (χ2n) is 5.72. The summed E-state index contributed by atoms with van der Waals surface area (Å²) in [7, 11) is 0. The molecule has 1 fully saturated rings. The van der Waals surface area contributed by atoms with E-state index in [1.807, 2.05) is 6.92 Å². The molecule has 2 aliphatic carbocycles. The largest absolute Gasteiger partial charge is 0.295 e. The van der Waals surface area contributed by atoms with E-state index in [9.17, 15) is 10.1 Å². The van der Waals surface area contributed by atoms with Gasteiger partial charge in [-0.25, -0.2) is 0 Å². The Morgan fingerprint density at radius 1 is 1.65 bits per heavy atom. The number of rotatable bonds is 1. The van der Waals surface area contributed by atoms with Crippen LogP contribution in [0.15, 0.2) is 23.8 Å². The molecule has 0 spiro atoms. The van der Waals surface area contributed by atoms with Crippen LogP contribution in [0.3, 0.4) is 0 Å². The van der Waals surface area contributed by atoms with Crippen molar-refractivity contribution in [1.82, 2.24) is 0 Å². The van der Waals surface area contributed by atoms with E-state index in [0.29, 0.717) is 12.3 Å². The Kier molecular flexibility index (Phi) is 2.95. The summed E-state index contributed by atoms with van der Waals surface area (Å²) < 4.78 is 0. The number of ketones is 1. The van der Waals surface area contributed by atoms with Crippen LogP contribution in [0.25, 0.3) is 0 Å². The minimum Gasteiger partial charge on any atom is -0.295 e. The van der Waals surface area contributed by atoms with E-state index in [0.717, 1.165) is 24.8 Å². The minimum absolute atomic E-state index is 0.0253. The van der Waals surface area contributed by atoms with Crippen molar-refractivity contribution < 1.29 is 4.79 Å². The van der Waals surface area contributed by atoms with Crippen molar-refractivity contribution in [2.45, 2.75) is 39.5 Å². The van der Waals surface area contributed by atoms with Gasteiger partial charge < -0.3 is 0 Å². The first-order chi connectivity index (χ1) is 7.97. The third kappa shape index (κ3) is 1.95. The fourth-order valence-corrected chi connectivity index (χ4v) is 3.13. The zero-order valence-corrected chi connectivity index (χ0v) is 10.6. The molecule has 2 rings (SSSR count). The Labute approximate surface area is 103 Å². The van der Waals surface area contributed by atoms with Gasteiger partial charge in [-0.2, -0.15) is 5.26 Å². The summed E-state index contributed by atoms with van der Waals surface area (Å²) in [5, 5.41) is 9.37. The molecule has 0 aromatic heterocycles. The van der Waals surface area contributed by atoms with Gasteiger partial charge in [0.15, 0.2) is 5.78 Å². The highest BCUT2D eigenvalue weighted by atomic mass is 16.1. The normalized spacial score (nSPS) is 36.8. The molecular weight excluding hydrogens is 210 g/mol. The monoisotopic (exact) mass is 229 g/mol. The van der Waals surface area contributed by atoms with Gasteiger partial charge in [0.1, 0.15) is 0 Å². The summed E-state index contributed by atoms with van der Waals surface area (Å²) in [6, 6.07) is 2.45. The van der Waals surface area contributed by atoms with Crippen LogP contribution in [-0.2, 0) is 4.79 Å². The zero-order valence-electron chi connectivity index (χ0n) is 10.6. The molecule has 0 unspecified atom stereocenters. The first-order valence-corrected chi connectivity index (χ1v) is 6.26. The van der Waals surface area contributed by atoms with Gasteiger partial charge in [0.25, 0.3) is 0 Å². The minimum atomic E-state index is -0.0748. The van der Waals surface area contributed by atoms with Gasteiger partial charge in [-0.3, -0.25) is 4.79 Å². The molecule has 1 saturated carbocycles. The Balaban J connectivity index is 2.38. The van der Waals surface area contributed by atoms with Gasteiger partial charge in [0.2, 0.25) is 0 Å². The molecule has 2 aliphatic rings. The third-order valence-electron chi connectivity index (χ3n) is 4.57. The molecule has 0 aromatic carbocycles. The van der Waals surface area contributed by atoms with Crippen molar-refractivity contribution in [2.24, 2.45) is 17.3 Å². The first kappa shape index (κ1) is 12.1. The Morgan fingerprint density at radius 3 is 2.94 bits per heavy atom. The topological polar surface area (TPSA) is 40.9 Å². The van der Waals surface area contributed by atoms with Gasteiger partial charge in [0, 0.05) is 11.8 Å². The van der Waals surface area contributed by atoms with Crippen molar-refractivity contribution in [1.29, 1.82) is 5.26 Å². The Bertz CT molecular complexity index is 440. The number of carbonyl (C=O) groups excluding carboxylic acids is 1. The van der Waals surface area contributed by atoms with E-state index in [2.05, 4.69) is 19.6 Å². The van der Waals surface area contributed by atoms with E-state index < -0.39 is 0 Å². The smallest absolute Gasteiger partial charge is 0.155 e. The summed E-state index contributed by atoms with van der Waals surface area (Å²) >= 11 is 0. The van der Waals surface area contributed by atoms with Crippen LogP contribution in [0, 0.1) is 28.6 Å². The lowest BCUT2D eigenvalue weighted by atomic mass is 9.57. The Morgan fingerprint density at radius 2 is 2.35 bits per heavy atom. The molecule has 17 heavy (non-hydrogen) atoms. The first-order valence-electron chi connectivity index (χ1n) is 6.26. The maximum Gasteiger partial charge on any atom is 0.155 e. The second kappa shape index (κ2) is 4.14. The van der Waals surface area contributed by atoms with Crippen LogP contribution in [0.4, 0.5) is 0 Å². The number of nitriles is 1. The molecule has 2 nitrogen and oxygen atoms in total. The number of allylic oxidation sites excluding steroid dienone is 3. The third-order valence-corrected chi connectivity index (χ3v) is 4.57. The predicted octanol–water partition coefficient (Wildman–Crippen LogP) is 3.41. The van der Waals surface area contributed by atoms with E-state index in [1.54, 1.807) is 6.08 Å². The SMILES string of the molecule is C=C(C)[C@H]1CC2=CC(=O)CC[C@@]2(C)[C@H](C#N)C1. The second-order valence-corrected chi connectivity index (χ2v) is 5.72. The molecule has 0 saturated heterocycles. The van der Waals surface area contributed by atoms with Crippen LogP contribution in [0.5, 0.6) is 0 Å². The van der Waals surface area contributed by atoms with E-state index in [-0.39, 0.29) is 17.1 Å². The lowest BCUT2D eigenvalue weighted by Crippen LogP contribution is -2.38. The summed E-state index contributed by atoms with van der Waals surface area (Å²) in [6.07, 6.45) is 5.03. The molecule has 0 N–H and O–H groups in total. The molecular formula is C15H19NO. The maximum atomic E-state index is 11.5. The van der Waals surface area contributed by atoms with Gasteiger partial charge in [-0.15, -0.1) is 0 Å². The molecule has 0 aromatic rings. The van der Waals surface area contributed by atoms with E-state index in [4.69, 9.17) is 0 Å². The zero-order chi connectivity index (χ0) is 12.6. The van der Waals surface area contributed by atoms with Crippen molar-refractivity contribution in [3.63, 3.8) is 0 Å². The molecule has 0 heterocycles. The maximum absolute atomic E-state index is 11.5. The predicted molar refractivity (Wildman–Crippen MR) is 67.1 cm³/mol. The lowest BCUT2D eigenvalue weighted by Gasteiger charge is -2.45. The molecule has 0 amide bonds. The van der Waals surface area contributed by atoms with Crippen LogP contribution >= 0.6 is 0 Å². The number of hydrogen-bond acceptors (Lipinski definition) is 2. The van der Waals surface area contributed by atoms with Crippen LogP contribution < -0.4 is 0 Å². The van der Waals surface area contributed by atoms with Gasteiger partial charge in [-0.1, -0.05) is 24.6 Å². The molecule has 3 atom stereocenters.